The van der Waals surface area contributed by atoms with E-state index < -0.39 is 0 Å². The van der Waals surface area contributed by atoms with Crippen LogP contribution in [0.5, 0.6) is 0 Å². The molecule has 1 fully saturated rings. The molecule has 1 unspecified atom stereocenters. The van der Waals surface area contributed by atoms with Crippen LogP contribution in [0.25, 0.3) is 0 Å². The van der Waals surface area contributed by atoms with E-state index in [2.05, 4.69) is 39.5 Å². The van der Waals surface area contributed by atoms with Gasteiger partial charge >= 0.3 is 0 Å². The zero-order valence-electron chi connectivity index (χ0n) is 10.8. The van der Waals surface area contributed by atoms with Crippen LogP contribution in [-0.4, -0.2) is 42.8 Å². The molecule has 0 aromatic rings. The van der Waals surface area contributed by atoms with Gasteiger partial charge in [0.15, 0.2) is 0 Å². The standard InChI is InChI=1S/C12H26N2O/c1-11(2,3)10(13)8-14-6-7-15-12(4,5)9-14/h10H,6-9,13H2,1-5H3. The Morgan fingerprint density at radius 2 is 2.00 bits per heavy atom. The smallest absolute Gasteiger partial charge is 0.0753 e. The third kappa shape index (κ3) is 4.09. The third-order valence-electron chi connectivity index (χ3n) is 3.07. The van der Waals surface area contributed by atoms with E-state index in [0.29, 0.717) is 0 Å². The number of hydrogen-bond donors (Lipinski definition) is 1. The molecule has 0 aliphatic carbocycles. The largest absolute Gasteiger partial charge is 0.373 e. The minimum absolute atomic E-state index is 0.0180. The van der Waals surface area contributed by atoms with Gasteiger partial charge in [0, 0.05) is 25.7 Å². The third-order valence-corrected chi connectivity index (χ3v) is 3.07. The van der Waals surface area contributed by atoms with Gasteiger partial charge in [0.25, 0.3) is 0 Å². The van der Waals surface area contributed by atoms with Crippen molar-refractivity contribution < 1.29 is 4.74 Å². The predicted molar refractivity (Wildman–Crippen MR) is 63.9 cm³/mol. The lowest BCUT2D eigenvalue weighted by molar-refractivity contribution is -0.0887. The summed E-state index contributed by atoms with van der Waals surface area (Å²) in [6, 6.07) is 0.228. The Morgan fingerprint density at radius 3 is 2.47 bits per heavy atom. The number of nitrogens with two attached hydrogens (primary N) is 1. The molecular formula is C12H26N2O. The summed E-state index contributed by atoms with van der Waals surface area (Å²) in [6.45, 7) is 14.7. The van der Waals surface area contributed by atoms with Crippen LogP contribution in [0.2, 0.25) is 0 Å². The van der Waals surface area contributed by atoms with E-state index in [0.717, 1.165) is 26.2 Å². The van der Waals surface area contributed by atoms with Crippen LogP contribution in [0.1, 0.15) is 34.6 Å². The Kier molecular flexibility index (Phi) is 3.80. The maximum Gasteiger partial charge on any atom is 0.0753 e. The fraction of sp³-hybridized carbons (Fsp3) is 1.00. The van der Waals surface area contributed by atoms with Gasteiger partial charge < -0.3 is 10.5 Å². The Hall–Kier alpha value is -0.120. The Balaban J connectivity index is 2.45. The van der Waals surface area contributed by atoms with Crippen LogP contribution in [-0.2, 0) is 4.74 Å². The van der Waals surface area contributed by atoms with Gasteiger partial charge in [-0.05, 0) is 19.3 Å². The van der Waals surface area contributed by atoms with Crippen molar-refractivity contribution in [3.63, 3.8) is 0 Å². The zero-order valence-corrected chi connectivity index (χ0v) is 10.8. The van der Waals surface area contributed by atoms with Crippen molar-refractivity contribution in [2.24, 2.45) is 11.1 Å². The molecule has 0 saturated carbocycles. The van der Waals surface area contributed by atoms with Crippen molar-refractivity contribution in [3.8, 4) is 0 Å². The first-order valence-corrected chi connectivity index (χ1v) is 5.83. The maximum atomic E-state index is 6.19. The van der Waals surface area contributed by atoms with Crippen molar-refractivity contribution >= 4 is 0 Å². The first kappa shape index (κ1) is 12.9. The minimum Gasteiger partial charge on any atom is -0.373 e. The molecule has 0 bridgehead atoms. The molecule has 90 valence electrons. The molecule has 1 saturated heterocycles. The summed E-state index contributed by atoms with van der Waals surface area (Å²) >= 11 is 0. The number of hydrogen-bond acceptors (Lipinski definition) is 3. The molecule has 3 nitrogen and oxygen atoms in total. The van der Waals surface area contributed by atoms with Gasteiger partial charge in [-0.15, -0.1) is 0 Å². The Labute approximate surface area is 94.0 Å². The highest BCUT2D eigenvalue weighted by Gasteiger charge is 2.30. The monoisotopic (exact) mass is 214 g/mol. The molecule has 15 heavy (non-hydrogen) atoms. The zero-order chi connectivity index (χ0) is 11.7. The molecule has 1 heterocycles. The van der Waals surface area contributed by atoms with Gasteiger partial charge in [0.1, 0.15) is 0 Å². The van der Waals surface area contributed by atoms with Gasteiger partial charge in [0.2, 0.25) is 0 Å². The quantitative estimate of drug-likeness (QED) is 0.756. The van der Waals surface area contributed by atoms with Crippen molar-refractivity contribution in [2.75, 3.05) is 26.2 Å². The maximum absolute atomic E-state index is 6.19. The highest BCUT2D eigenvalue weighted by atomic mass is 16.5. The fourth-order valence-electron chi connectivity index (χ4n) is 1.82. The fourth-order valence-corrected chi connectivity index (χ4v) is 1.82. The molecule has 1 aliphatic heterocycles. The van der Waals surface area contributed by atoms with Gasteiger partial charge in [-0.1, -0.05) is 20.8 Å². The predicted octanol–water partition coefficient (Wildman–Crippen LogP) is 1.47. The lowest BCUT2D eigenvalue weighted by Gasteiger charge is -2.41. The van der Waals surface area contributed by atoms with Crippen LogP contribution in [0.4, 0.5) is 0 Å². The number of rotatable bonds is 2. The number of nitrogens with zero attached hydrogens (tertiary/aromatic N) is 1. The van der Waals surface area contributed by atoms with Crippen molar-refractivity contribution in [2.45, 2.75) is 46.3 Å². The average Bonchev–Trinajstić information content (AvgIpc) is 2.00. The summed E-state index contributed by atoms with van der Waals surface area (Å²) < 4.78 is 5.68. The minimum atomic E-state index is -0.0180. The normalized spacial score (nSPS) is 25.2. The molecule has 0 amide bonds. The van der Waals surface area contributed by atoms with Gasteiger partial charge in [-0.2, -0.15) is 0 Å². The van der Waals surface area contributed by atoms with Crippen molar-refractivity contribution in [3.05, 3.63) is 0 Å². The van der Waals surface area contributed by atoms with Gasteiger partial charge in [-0.3, -0.25) is 4.90 Å². The van der Waals surface area contributed by atoms with E-state index in [-0.39, 0.29) is 17.1 Å². The molecule has 3 heteroatoms. The van der Waals surface area contributed by atoms with E-state index in [1.165, 1.54) is 0 Å². The highest BCUT2D eigenvalue weighted by molar-refractivity contribution is 4.85. The second kappa shape index (κ2) is 4.40. The molecule has 0 aromatic carbocycles. The van der Waals surface area contributed by atoms with Crippen molar-refractivity contribution in [1.82, 2.24) is 4.90 Å². The molecule has 2 N–H and O–H groups in total. The van der Waals surface area contributed by atoms with Crippen LogP contribution >= 0.6 is 0 Å². The van der Waals surface area contributed by atoms with Gasteiger partial charge in [-0.25, -0.2) is 0 Å². The summed E-state index contributed by atoms with van der Waals surface area (Å²) in [5, 5.41) is 0. The summed E-state index contributed by atoms with van der Waals surface area (Å²) in [4.78, 5) is 2.42. The van der Waals surface area contributed by atoms with Crippen molar-refractivity contribution in [1.29, 1.82) is 0 Å². The van der Waals surface area contributed by atoms with Crippen LogP contribution in [0.3, 0.4) is 0 Å². The lowest BCUT2D eigenvalue weighted by Crippen LogP contribution is -2.53. The molecular weight excluding hydrogens is 188 g/mol. The summed E-state index contributed by atoms with van der Waals surface area (Å²) in [5.74, 6) is 0. The first-order chi connectivity index (χ1) is 6.71. The van der Waals surface area contributed by atoms with Crippen LogP contribution < -0.4 is 5.73 Å². The molecule has 0 radical (unpaired) electrons. The summed E-state index contributed by atoms with van der Waals surface area (Å²) in [7, 11) is 0. The average molecular weight is 214 g/mol. The second-order valence-corrected chi connectivity index (χ2v) is 6.32. The number of ether oxygens (including phenoxy) is 1. The molecule has 1 atom stereocenters. The van der Waals surface area contributed by atoms with E-state index in [1.807, 2.05) is 0 Å². The topological polar surface area (TPSA) is 38.5 Å². The lowest BCUT2D eigenvalue weighted by atomic mass is 9.87. The number of morpholine rings is 1. The van der Waals surface area contributed by atoms with E-state index in [4.69, 9.17) is 10.5 Å². The molecule has 1 aliphatic rings. The van der Waals surface area contributed by atoms with E-state index in [1.54, 1.807) is 0 Å². The summed E-state index contributed by atoms with van der Waals surface area (Å²) in [5.41, 5.74) is 6.35. The first-order valence-electron chi connectivity index (χ1n) is 5.83. The molecule has 0 spiro atoms. The second-order valence-electron chi connectivity index (χ2n) is 6.32. The summed E-state index contributed by atoms with van der Waals surface area (Å²) in [6.07, 6.45) is 0. The highest BCUT2D eigenvalue weighted by Crippen LogP contribution is 2.21. The SMILES string of the molecule is CC1(C)CN(CC(N)C(C)(C)C)CCO1. The van der Waals surface area contributed by atoms with Crippen LogP contribution in [0, 0.1) is 5.41 Å². The van der Waals surface area contributed by atoms with Crippen LogP contribution in [0.15, 0.2) is 0 Å². The molecule has 1 rings (SSSR count). The van der Waals surface area contributed by atoms with E-state index >= 15 is 0 Å². The van der Waals surface area contributed by atoms with E-state index in [9.17, 15) is 0 Å². The molecule has 0 aromatic heterocycles. The Morgan fingerprint density at radius 1 is 1.40 bits per heavy atom. The van der Waals surface area contributed by atoms with Gasteiger partial charge in [0.05, 0.1) is 12.2 Å². The Bertz CT molecular complexity index is 208.